The van der Waals surface area contributed by atoms with Gasteiger partial charge in [-0.15, -0.1) is 0 Å². The van der Waals surface area contributed by atoms with Crippen LogP contribution < -0.4 is 4.74 Å². The van der Waals surface area contributed by atoms with Crippen molar-refractivity contribution in [1.29, 1.82) is 5.26 Å². The quantitative estimate of drug-likeness (QED) is 0.276. The van der Waals surface area contributed by atoms with Gasteiger partial charge in [-0.1, -0.05) is 25.1 Å². The molecule has 0 unspecified atom stereocenters. The normalized spacial score (nSPS) is 14.1. The fraction of sp³-hybridized carbons (Fsp3) is 0.370. The zero-order valence-electron chi connectivity index (χ0n) is 21.4. The van der Waals surface area contributed by atoms with Crippen molar-refractivity contribution in [2.45, 2.75) is 46.0 Å². The molecule has 1 aromatic heterocycles. The van der Waals surface area contributed by atoms with E-state index < -0.39 is 24.0 Å². The molecule has 0 spiro atoms. The van der Waals surface area contributed by atoms with Crippen LogP contribution in [0.1, 0.15) is 37.5 Å². The van der Waals surface area contributed by atoms with Crippen molar-refractivity contribution >= 4 is 23.5 Å². The van der Waals surface area contributed by atoms with Crippen LogP contribution in [0, 0.1) is 17.2 Å². The van der Waals surface area contributed by atoms with E-state index in [1.165, 1.54) is 11.5 Å². The Bertz CT molecular complexity index is 1430. The van der Waals surface area contributed by atoms with Crippen molar-refractivity contribution < 1.29 is 32.2 Å². The first-order valence-electron chi connectivity index (χ1n) is 12.2. The molecule has 12 heteroatoms. The second-order valence-electron chi connectivity index (χ2n) is 9.31. The van der Waals surface area contributed by atoms with Gasteiger partial charge in [0, 0.05) is 30.8 Å². The van der Waals surface area contributed by atoms with Crippen molar-refractivity contribution in [3.63, 3.8) is 0 Å². The number of nitriles is 1. The first kappa shape index (κ1) is 28.2. The maximum atomic E-state index is 12.3. The van der Waals surface area contributed by atoms with E-state index in [0.29, 0.717) is 35.1 Å². The van der Waals surface area contributed by atoms with E-state index in [9.17, 15) is 28.0 Å². The fourth-order valence-electron chi connectivity index (χ4n) is 4.29. The van der Waals surface area contributed by atoms with Gasteiger partial charge in [0.1, 0.15) is 16.8 Å². The summed E-state index contributed by atoms with van der Waals surface area (Å²) in [6.45, 7) is 6.62. The Morgan fingerprint density at radius 2 is 1.97 bits per heavy atom. The number of carbonyl (C=O) groups is 2. The molecule has 0 N–H and O–H groups in total. The number of hydrogen-bond acceptors (Lipinski definition) is 9. The van der Waals surface area contributed by atoms with Crippen molar-refractivity contribution in [2.75, 3.05) is 13.1 Å². The average Bonchev–Trinajstić information content (AvgIpc) is 3.35. The maximum Gasteiger partial charge on any atom is 0.491 e. The van der Waals surface area contributed by atoms with Gasteiger partial charge in [-0.2, -0.15) is 22.8 Å². The van der Waals surface area contributed by atoms with Crippen LogP contribution >= 0.6 is 11.5 Å². The summed E-state index contributed by atoms with van der Waals surface area (Å²) in [6, 6.07) is 13.2. The molecule has 1 aliphatic heterocycles. The molecule has 39 heavy (non-hydrogen) atoms. The minimum absolute atomic E-state index is 0.0645. The summed E-state index contributed by atoms with van der Waals surface area (Å²) in [7, 11) is 0. The molecule has 1 saturated heterocycles. The van der Waals surface area contributed by atoms with E-state index in [4.69, 9.17) is 9.72 Å². The second kappa shape index (κ2) is 11.5. The molecule has 4 rings (SSSR count). The summed E-state index contributed by atoms with van der Waals surface area (Å²) in [5.41, 5.74) is 4.01. The molecule has 8 nitrogen and oxygen atoms in total. The lowest BCUT2D eigenvalue weighted by atomic mass is 9.94. The highest BCUT2D eigenvalue weighted by Crippen LogP contribution is 2.33. The molecule has 2 aromatic carbocycles. The van der Waals surface area contributed by atoms with Crippen molar-refractivity contribution in [3.05, 3.63) is 53.1 Å². The predicted molar refractivity (Wildman–Crippen MR) is 137 cm³/mol. The summed E-state index contributed by atoms with van der Waals surface area (Å²) < 4.78 is 51.2. The molecule has 1 aliphatic rings. The number of aromatic nitrogens is 2. The predicted octanol–water partition coefficient (Wildman–Crippen LogP) is 5.16. The Balaban J connectivity index is 1.47. The second-order valence-corrected chi connectivity index (χ2v) is 10.1. The summed E-state index contributed by atoms with van der Waals surface area (Å²) in [5.74, 6) is -3.39. The summed E-state index contributed by atoms with van der Waals surface area (Å²) in [5, 5.41) is 10.2. The van der Waals surface area contributed by atoms with Crippen LogP contribution in [0.5, 0.6) is 5.75 Å². The zero-order valence-corrected chi connectivity index (χ0v) is 22.2. The third kappa shape index (κ3) is 6.43. The highest BCUT2D eigenvalue weighted by molar-refractivity contribution is 7.09. The van der Waals surface area contributed by atoms with Gasteiger partial charge >= 0.3 is 18.1 Å². The van der Waals surface area contributed by atoms with Crippen LogP contribution in [0.4, 0.5) is 13.2 Å². The zero-order chi connectivity index (χ0) is 28.3. The van der Waals surface area contributed by atoms with Crippen molar-refractivity contribution in [1.82, 2.24) is 14.3 Å². The number of rotatable bonds is 8. The largest absolute Gasteiger partial charge is 0.491 e. The van der Waals surface area contributed by atoms with Gasteiger partial charge in [-0.05, 0) is 61.1 Å². The lowest BCUT2D eigenvalue weighted by Crippen LogP contribution is -2.51. The number of ether oxygens (including phenoxy) is 2. The molecule has 2 heterocycles. The van der Waals surface area contributed by atoms with Crippen LogP contribution in [0.2, 0.25) is 0 Å². The standard InChI is InChI=1S/C27H25F3N4O4S/c1-4-20-17(12-34-13-19(14-34)25(35)38-26(36)27(28,29)30)6-5-7-21(20)23-32-24(39-33-23)16-8-9-22(37-15(2)3)18(10-16)11-31/h5-10,15,19H,4,12-14H2,1-3H3. The number of nitrogens with zero attached hydrogens (tertiary/aromatic N) is 4. The van der Waals surface area contributed by atoms with Crippen molar-refractivity contribution in [2.24, 2.45) is 5.92 Å². The summed E-state index contributed by atoms with van der Waals surface area (Å²) >= 11 is 1.22. The smallest absolute Gasteiger partial charge is 0.490 e. The Labute approximate surface area is 227 Å². The molecule has 1 fully saturated rings. The number of benzene rings is 2. The van der Waals surface area contributed by atoms with Gasteiger partial charge in [0.25, 0.3) is 0 Å². The molecule has 0 amide bonds. The van der Waals surface area contributed by atoms with Gasteiger partial charge in [-0.25, -0.2) is 9.78 Å². The molecule has 0 aliphatic carbocycles. The van der Waals surface area contributed by atoms with E-state index in [1.807, 2.05) is 49.9 Å². The minimum atomic E-state index is -5.21. The van der Waals surface area contributed by atoms with E-state index in [-0.39, 0.29) is 19.2 Å². The first-order valence-corrected chi connectivity index (χ1v) is 13.0. The van der Waals surface area contributed by atoms with Gasteiger partial charge in [0.05, 0.1) is 17.6 Å². The number of halogens is 3. The Kier molecular flexibility index (Phi) is 8.32. The van der Waals surface area contributed by atoms with Crippen LogP contribution in [-0.2, 0) is 27.3 Å². The van der Waals surface area contributed by atoms with Gasteiger partial charge in [0.15, 0.2) is 5.82 Å². The topological polar surface area (TPSA) is 105 Å². The van der Waals surface area contributed by atoms with Crippen LogP contribution in [0.15, 0.2) is 36.4 Å². The number of hydrogen-bond donors (Lipinski definition) is 0. The number of alkyl halides is 3. The third-order valence-electron chi connectivity index (χ3n) is 6.11. The van der Waals surface area contributed by atoms with Gasteiger partial charge in [-0.3, -0.25) is 9.69 Å². The highest BCUT2D eigenvalue weighted by Gasteiger charge is 2.45. The number of carbonyl (C=O) groups excluding carboxylic acids is 2. The van der Waals surface area contributed by atoms with E-state index in [1.54, 1.807) is 12.1 Å². The molecule has 0 atom stereocenters. The average molecular weight is 559 g/mol. The van der Waals surface area contributed by atoms with Crippen LogP contribution in [0.25, 0.3) is 22.0 Å². The van der Waals surface area contributed by atoms with Gasteiger partial charge in [0.2, 0.25) is 0 Å². The lowest BCUT2D eigenvalue weighted by Gasteiger charge is -2.37. The van der Waals surface area contributed by atoms with E-state index in [2.05, 4.69) is 15.2 Å². The summed E-state index contributed by atoms with van der Waals surface area (Å²) in [4.78, 5) is 29.4. The summed E-state index contributed by atoms with van der Waals surface area (Å²) in [6.07, 6.45) is -4.59. The van der Waals surface area contributed by atoms with Gasteiger partial charge < -0.3 is 9.47 Å². The third-order valence-corrected chi connectivity index (χ3v) is 6.88. The molecular formula is C27H25F3N4O4S. The highest BCUT2D eigenvalue weighted by atomic mass is 32.1. The Morgan fingerprint density at radius 1 is 1.23 bits per heavy atom. The molecule has 0 bridgehead atoms. The maximum absolute atomic E-state index is 12.3. The Hall–Kier alpha value is -3.82. The minimum Gasteiger partial charge on any atom is -0.490 e. The molecule has 3 aromatic rings. The fourth-order valence-corrected chi connectivity index (χ4v) is 4.96. The number of likely N-dealkylation sites (tertiary alicyclic amines) is 1. The monoisotopic (exact) mass is 558 g/mol. The van der Waals surface area contributed by atoms with E-state index >= 15 is 0 Å². The van der Waals surface area contributed by atoms with Crippen LogP contribution in [0.3, 0.4) is 0 Å². The van der Waals surface area contributed by atoms with Crippen molar-refractivity contribution in [3.8, 4) is 33.8 Å². The van der Waals surface area contributed by atoms with Crippen LogP contribution in [-0.4, -0.2) is 51.6 Å². The molecule has 0 radical (unpaired) electrons. The first-order chi connectivity index (χ1) is 18.5. The Morgan fingerprint density at radius 3 is 2.62 bits per heavy atom. The van der Waals surface area contributed by atoms with E-state index in [0.717, 1.165) is 22.3 Å². The number of esters is 2. The lowest BCUT2D eigenvalue weighted by molar-refractivity contribution is -0.204. The SMILES string of the molecule is CCc1c(CN2CC(C(=O)OC(=O)C(F)(F)F)C2)cccc1-c1nsc(-c2ccc(OC(C)C)c(C#N)c2)n1. The molecular weight excluding hydrogens is 533 g/mol. The molecule has 204 valence electrons. The molecule has 0 saturated carbocycles.